The topological polar surface area (TPSA) is 59.2 Å². The number of Topliss-reactive ketones (excluding diaryl/α,β-unsaturated/α-hetero) is 1. The molecule has 0 atom stereocenters. The molecule has 0 aliphatic carbocycles. The molecule has 2 heterocycles. The van der Waals surface area contributed by atoms with Gasteiger partial charge in [0, 0.05) is 18.2 Å². The van der Waals surface area contributed by atoms with Gasteiger partial charge in [0.2, 0.25) is 0 Å². The molecule has 4 heteroatoms. The van der Waals surface area contributed by atoms with Crippen LogP contribution in [0.5, 0.6) is 0 Å². The third-order valence-electron chi connectivity index (χ3n) is 4.36. The summed E-state index contributed by atoms with van der Waals surface area (Å²) in [5.74, 6) is 0.687. The first-order chi connectivity index (χ1) is 9.51. The smallest absolute Gasteiger partial charge is 0.157 e. The Hall–Kier alpha value is -1.42. The second-order valence-corrected chi connectivity index (χ2v) is 6.11. The molecule has 2 rings (SSSR count). The largest absolute Gasteiger partial charge is 0.383 e. The molecule has 0 amide bonds. The molecule has 4 nitrogen and oxygen atoms in total. The van der Waals surface area contributed by atoms with E-state index >= 15 is 0 Å². The zero-order valence-electron chi connectivity index (χ0n) is 12.6. The Kier molecular flexibility index (Phi) is 4.76. The highest BCUT2D eigenvalue weighted by molar-refractivity contribution is 5.90. The minimum atomic E-state index is -0.424. The van der Waals surface area contributed by atoms with Crippen molar-refractivity contribution in [3.8, 4) is 0 Å². The first-order valence-electron chi connectivity index (χ1n) is 7.49. The average Bonchev–Trinajstić information content (AvgIpc) is 2.70. The molecule has 0 spiro atoms. The molecule has 20 heavy (non-hydrogen) atoms. The molecule has 0 aromatic carbocycles. The van der Waals surface area contributed by atoms with Crippen LogP contribution in [0.4, 0.5) is 5.82 Å². The molecule has 1 aliphatic rings. The van der Waals surface area contributed by atoms with E-state index < -0.39 is 5.54 Å². The van der Waals surface area contributed by atoms with Gasteiger partial charge in [-0.1, -0.05) is 18.9 Å². The van der Waals surface area contributed by atoms with Crippen LogP contribution in [0.3, 0.4) is 0 Å². The first kappa shape index (κ1) is 15.0. The molecule has 1 saturated heterocycles. The molecule has 0 saturated carbocycles. The second-order valence-electron chi connectivity index (χ2n) is 6.11. The van der Waals surface area contributed by atoms with Crippen LogP contribution in [0.25, 0.3) is 0 Å². The molecule has 1 aromatic rings. The molecule has 1 aliphatic heterocycles. The Bertz CT molecular complexity index is 463. The van der Waals surface area contributed by atoms with Gasteiger partial charge in [0.15, 0.2) is 5.78 Å². The second kappa shape index (κ2) is 6.35. The maximum atomic E-state index is 12.7. The van der Waals surface area contributed by atoms with Crippen LogP contribution in [-0.4, -0.2) is 34.3 Å². The highest BCUT2D eigenvalue weighted by atomic mass is 16.1. The number of anilines is 1. The van der Waals surface area contributed by atoms with Gasteiger partial charge in [-0.15, -0.1) is 0 Å². The van der Waals surface area contributed by atoms with E-state index in [1.165, 1.54) is 25.7 Å². The summed E-state index contributed by atoms with van der Waals surface area (Å²) in [6.45, 7) is 6.10. The quantitative estimate of drug-likeness (QED) is 0.917. The van der Waals surface area contributed by atoms with Crippen LogP contribution in [0.1, 0.15) is 45.1 Å². The van der Waals surface area contributed by atoms with Crippen molar-refractivity contribution in [2.45, 2.75) is 51.5 Å². The lowest BCUT2D eigenvalue weighted by molar-refractivity contribution is -0.128. The number of likely N-dealkylation sites (tertiary alicyclic amines) is 1. The summed E-state index contributed by atoms with van der Waals surface area (Å²) in [6.07, 6.45) is 6.94. The standard InChI is InChI=1S/C16H25N3O/c1-16(2,19-10-5-3-4-6-11-19)14(20)12-13-8-7-9-18-15(13)17/h7-9H,3-6,10-12H2,1-2H3,(H2,17,18). The average molecular weight is 275 g/mol. The maximum absolute atomic E-state index is 12.7. The molecule has 0 bridgehead atoms. The van der Waals surface area contributed by atoms with Gasteiger partial charge < -0.3 is 5.73 Å². The number of carbonyl (C=O) groups excluding carboxylic acids is 1. The fraction of sp³-hybridized carbons (Fsp3) is 0.625. The van der Waals surface area contributed by atoms with E-state index in [4.69, 9.17) is 5.73 Å². The summed E-state index contributed by atoms with van der Waals surface area (Å²) in [5.41, 5.74) is 6.25. The summed E-state index contributed by atoms with van der Waals surface area (Å²) in [5, 5.41) is 0. The van der Waals surface area contributed by atoms with Gasteiger partial charge in [0.25, 0.3) is 0 Å². The molecule has 2 N–H and O–H groups in total. The Balaban J connectivity index is 2.08. The molecule has 0 unspecified atom stereocenters. The lowest BCUT2D eigenvalue weighted by atomic mass is 9.91. The van der Waals surface area contributed by atoms with Crippen molar-refractivity contribution >= 4 is 11.6 Å². The monoisotopic (exact) mass is 275 g/mol. The number of aromatic nitrogens is 1. The molecular weight excluding hydrogens is 250 g/mol. The van der Waals surface area contributed by atoms with Gasteiger partial charge in [-0.25, -0.2) is 4.98 Å². The van der Waals surface area contributed by atoms with Gasteiger partial charge in [-0.3, -0.25) is 9.69 Å². The summed E-state index contributed by atoms with van der Waals surface area (Å²) in [4.78, 5) is 19.1. The first-order valence-corrected chi connectivity index (χ1v) is 7.49. The molecule has 0 radical (unpaired) electrons. The summed E-state index contributed by atoms with van der Waals surface area (Å²) in [6, 6.07) is 3.72. The van der Waals surface area contributed by atoms with Crippen LogP contribution < -0.4 is 5.73 Å². The van der Waals surface area contributed by atoms with Crippen LogP contribution in [0.2, 0.25) is 0 Å². The normalized spacial score (nSPS) is 17.7. The number of nitrogens with two attached hydrogens (primary N) is 1. The Morgan fingerprint density at radius 2 is 1.95 bits per heavy atom. The summed E-state index contributed by atoms with van der Waals surface area (Å²) >= 11 is 0. The third-order valence-corrected chi connectivity index (χ3v) is 4.36. The van der Waals surface area contributed by atoms with Crippen molar-refractivity contribution in [2.75, 3.05) is 18.8 Å². The van der Waals surface area contributed by atoms with Gasteiger partial charge in [0.05, 0.1) is 5.54 Å². The van der Waals surface area contributed by atoms with Crippen molar-refractivity contribution < 1.29 is 4.79 Å². The predicted octanol–water partition coefficient (Wildman–Crippen LogP) is 2.43. The van der Waals surface area contributed by atoms with Crippen LogP contribution in [-0.2, 0) is 11.2 Å². The third kappa shape index (κ3) is 3.37. The SMILES string of the molecule is CC(C)(C(=O)Cc1cccnc1N)N1CCCCCC1. The van der Waals surface area contributed by atoms with E-state index in [0.717, 1.165) is 18.7 Å². The van der Waals surface area contributed by atoms with Gasteiger partial charge >= 0.3 is 0 Å². The van der Waals surface area contributed by atoms with E-state index in [2.05, 4.69) is 9.88 Å². The highest BCUT2D eigenvalue weighted by Crippen LogP contribution is 2.23. The van der Waals surface area contributed by atoms with Gasteiger partial charge in [-0.05, 0) is 45.8 Å². The number of carbonyl (C=O) groups is 1. The number of pyridine rings is 1. The predicted molar refractivity (Wildman–Crippen MR) is 81.5 cm³/mol. The zero-order chi connectivity index (χ0) is 14.6. The van der Waals surface area contributed by atoms with Crippen molar-refractivity contribution in [2.24, 2.45) is 0 Å². The molecule has 110 valence electrons. The lowest BCUT2D eigenvalue weighted by Crippen LogP contribution is -2.51. The van der Waals surface area contributed by atoms with Crippen LogP contribution in [0.15, 0.2) is 18.3 Å². The van der Waals surface area contributed by atoms with Gasteiger partial charge in [0.1, 0.15) is 5.82 Å². The minimum Gasteiger partial charge on any atom is -0.383 e. The van der Waals surface area contributed by atoms with E-state index in [0.29, 0.717) is 12.2 Å². The van der Waals surface area contributed by atoms with E-state index in [1.54, 1.807) is 6.20 Å². The Morgan fingerprint density at radius 1 is 1.30 bits per heavy atom. The van der Waals surface area contributed by atoms with E-state index in [-0.39, 0.29) is 5.78 Å². The molecule has 1 fully saturated rings. The fourth-order valence-electron chi connectivity index (χ4n) is 2.80. The number of nitrogen functional groups attached to an aromatic ring is 1. The summed E-state index contributed by atoms with van der Waals surface area (Å²) in [7, 11) is 0. The number of rotatable bonds is 4. The van der Waals surface area contributed by atoms with Crippen LogP contribution >= 0.6 is 0 Å². The fourth-order valence-corrected chi connectivity index (χ4v) is 2.80. The van der Waals surface area contributed by atoms with Crippen molar-refractivity contribution in [1.29, 1.82) is 0 Å². The zero-order valence-corrected chi connectivity index (χ0v) is 12.6. The van der Waals surface area contributed by atoms with E-state index in [9.17, 15) is 4.79 Å². The maximum Gasteiger partial charge on any atom is 0.157 e. The molecular formula is C16H25N3O. The van der Waals surface area contributed by atoms with Crippen molar-refractivity contribution in [3.05, 3.63) is 23.9 Å². The minimum absolute atomic E-state index is 0.221. The van der Waals surface area contributed by atoms with E-state index in [1.807, 2.05) is 26.0 Å². The van der Waals surface area contributed by atoms with Crippen LogP contribution in [0, 0.1) is 0 Å². The lowest BCUT2D eigenvalue weighted by Gasteiger charge is -2.36. The van der Waals surface area contributed by atoms with Crippen molar-refractivity contribution in [1.82, 2.24) is 9.88 Å². The van der Waals surface area contributed by atoms with Crippen molar-refractivity contribution in [3.63, 3.8) is 0 Å². The van der Waals surface area contributed by atoms with Gasteiger partial charge in [-0.2, -0.15) is 0 Å². The number of nitrogens with zero attached hydrogens (tertiary/aromatic N) is 2. The highest BCUT2D eigenvalue weighted by Gasteiger charge is 2.34. The number of ketones is 1. The summed E-state index contributed by atoms with van der Waals surface area (Å²) < 4.78 is 0. The number of hydrogen-bond donors (Lipinski definition) is 1. The molecule has 1 aromatic heterocycles. The Morgan fingerprint density at radius 3 is 2.55 bits per heavy atom. The number of hydrogen-bond acceptors (Lipinski definition) is 4. The Labute approximate surface area is 121 Å².